The Bertz CT molecular complexity index is 360. The summed E-state index contributed by atoms with van der Waals surface area (Å²) < 4.78 is 0. The second kappa shape index (κ2) is 5.50. The molecule has 100 valence electrons. The Morgan fingerprint density at radius 2 is 1.83 bits per heavy atom. The average molecular weight is 253 g/mol. The van der Waals surface area contributed by atoms with Crippen LogP contribution in [0.15, 0.2) is 0 Å². The summed E-state index contributed by atoms with van der Waals surface area (Å²) in [4.78, 5) is 36.2. The maximum absolute atomic E-state index is 12.3. The molecule has 1 saturated carbocycles. The quantitative estimate of drug-likeness (QED) is 0.802. The zero-order valence-electron chi connectivity index (χ0n) is 10.4. The maximum Gasteiger partial charge on any atom is 0.326 e. The molecule has 0 aromatic heterocycles. The number of carboxylic acid groups (broad SMARTS) is 1. The minimum absolute atomic E-state index is 0.0335. The fourth-order valence-electron chi connectivity index (χ4n) is 2.90. The molecule has 1 saturated heterocycles. The molecule has 0 spiro atoms. The van der Waals surface area contributed by atoms with Crippen molar-refractivity contribution in [3.05, 3.63) is 0 Å². The summed E-state index contributed by atoms with van der Waals surface area (Å²) in [6.07, 6.45) is 5.22. The van der Waals surface area contributed by atoms with Gasteiger partial charge in [0.25, 0.3) is 0 Å². The molecule has 0 aromatic rings. The van der Waals surface area contributed by atoms with Gasteiger partial charge in [-0.2, -0.15) is 0 Å². The molecule has 1 N–H and O–H groups in total. The molecule has 1 amide bonds. The van der Waals surface area contributed by atoms with Crippen LogP contribution < -0.4 is 0 Å². The fraction of sp³-hybridized carbons (Fsp3) is 0.769. The van der Waals surface area contributed by atoms with Crippen molar-refractivity contribution in [1.82, 2.24) is 4.90 Å². The smallest absolute Gasteiger partial charge is 0.326 e. The first-order valence-electron chi connectivity index (χ1n) is 6.64. The van der Waals surface area contributed by atoms with Gasteiger partial charge in [-0.1, -0.05) is 19.3 Å². The number of Topliss-reactive ketones (excluding diaryl/α,β-unsaturated/α-hetero) is 1. The Labute approximate surface area is 106 Å². The zero-order valence-corrected chi connectivity index (χ0v) is 10.4. The van der Waals surface area contributed by atoms with Gasteiger partial charge in [0.05, 0.1) is 0 Å². The number of nitrogens with zero attached hydrogens (tertiary/aromatic N) is 1. The van der Waals surface area contributed by atoms with Crippen LogP contribution in [0.1, 0.15) is 44.9 Å². The lowest BCUT2D eigenvalue weighted by Crippen LogP contribution is -2.52. The summed E-state index contributed by atoms with van der Waals surface area (Å²) in [7, 11) is 0. The number of hydrogen-bond donors (Lipinski definition) is 1. The van der Waals surface area contributed by atoms with Gasteiger partial charge in [0.1, 0.15) is 11.8 Å². The number of amides is 1. The van der Waals surface area contributed by atoms with Gasteiger partial charge in [-0.15, -0.1) is 0 Å². The highest BCUT2D eigenvalue weighted by Gasteiger charge is 2.38. The monoisotopic (exact) mass is 253 g/mol. The summed E-state index contributed by atoms with van der Waals surface area (Å²) in [6, 6.07) is -0.944. The second-order valence-electron chi connectivity index (χ2n) is 5.21. The molecule has 0 aromatic carbocycles. The molecule has 2 fully saturated rings. The summed E-state index contributed by atoms with van der Waals surface area (Å²) >= 11 is 0. The highest BCUT2D eigenvalue weighted by molar-refractivity contribution is 5.92. The van der Waals surface area contributed by atoms with Gasteiger partial charge in [0, 0.05) is 25.3 Å². The SMILES string of the molecule is O=C1CCN(C(=O)C2CCCCC2)C(C(=O)O)C1. The summed E-state index contributed by atoms with van der Waals surface area (Å²) in [5, 5.41) is 9.13. The van der Waals surface area contributed by atoms with Gasteiger partial charge >= 0.3 is 5.97 Å². The molecule has 0 bridgehead atoms. The minimum atomic E-state index is -1.06. The van der Waals surface area contributed by atoms with E-state index in [4.69, 9.17) is 5.11 Å². The molecule has 1 heterocycles. The number of piperidine rings is 1. The number of carbonyl (C=O) groups is 3. The van der Waals surface area contributed by atoms with Crippen molar-refractivity contribution >= 4 is 17.7 Å². The lowest BCUT2D eigenvalue weighted by molar-refractivity contribution is -0.156. The normalized spacial score (nSPS) is 26.1. The van der Waals surface area contributed by atoms with E-state index >= 15 is 0 Å². The Morgan fingerprint density at radius 1 is 1.17 bits per heavy atom. The molecule has 1 unspecified atom stereocenters. The van der Waals surface area contributed by atoms with Crippen LogP contribution >= 0.6 is 0 Å². The molecule has 1 aliphatic heterocycles. The third-order valence-corrected chi connectivity index (χ3v) is 3.95. The van der Waals surface area contributed by atoms with Gasteiger partial charge < -0.3 is 10.0 Å². The molecule has 2 rings (SSSR count). The Balaban J connectivity index is 2.06. The minimum Gasteiger partial charge on any atom is -0.480 e. The Hall–Kier alpha value is -1.39. The third-order valence-electron chi connectivity index (χ3n) is 3.95. The Kier molecular flexibility index (Phi) is 3.99. The number of aliphatic carboxylic acids is 1. The van der Waals surface area contributed by atoms with Crippen LogP contribution in [0.3, 0.4) is 0 Å². The molecule has 5 nitrogen and oxygen atoms in total. The van der Waals surface area contributed by atoms with Crippen LogP contribution in [0, 0.1) is 5.92 Å². The van der Waals surface area contributed by atoms with Crippen molar-refractivity contribution in [2.24, 2.45) is 5.92 Å². The molecule has 5 heteroatoms. The third kappa shape index (κ3) is 2.71. The van der Waals surface area contributed by atoms with Crippen molar-refractivity contribution in [1.29, 1.82) is 0 Å². The molecular weight excluding hydrogens is 234 g/mol. The van der Waals surface area contributed by atoms with E-state index in [1.165, 1.54) is 4.90 Å². The van der Waals surface area contributed by atoms with Crippen molar-refractivity contribution in [2.45, 2.75) is 51.0 Å². The van der Waals surface area contributed by atoms with Crippen LogP contribution in [0.2, 0.25) is 0 Å². The lowest BCUT2D eigenvalue weighted by atomic mass is 9.87. The van der Waals surface area contributed by atoms with Gasteiger partial charge in [0.2, 0.25) is 5.91 Å². The van der Waals surface area contributed by atoms with E-state index in [-0.39, 0.29) is 30.6 Å². The standard InChI is InChI=1S/C13H19NO4/c15-10-6-7-14(11(8-10)13(17)18)12(16)9-4-2-1-3-5-9/h9,11H,1-8H2,(H,17,18). The second-order valence-corrected chi connectivity index (χ2v) is 5.21. The number of rotatable bonds is 2. The molecule has 2 aliphatic rings. The van der Waals surface area contributed by atoms with E-state index in [9.17, 15) is 14.4 Å². The first-order valence-corrected chi connectivity index (χ1v) is 6.64. The molecule has 0 radical (unpaired) electrons. The number of carbonyl (C=O) groups excluding carboxylic acids is 2. The maximum atomic E-state index is 12.3. The number of hydrogen-bond acceptors (Lipinski definition) is 3. The van der Waals surface area contributed by atoms with Crippen molar-refractivity contribution in [2.75, 3.05) is 6.54 Å². The van der Waals surface area contributed by atoms with Crippen LogP contribution in [-0.4, -0.2) is 40.3 Å². The van der Waals surface area contributed by atoms with Crippen LogP contribution in [0.4, 0.5) is 0 Å². The highest BCUT2D eigenvalue weighted by atomic mass is 16.4. The number of carboxylic acids is 1. The van der Waals surface area contributed by atoms with E-state index in [0.717, 1.165) is 32.1 Å². The number of ketones is 1. The predicted molar refractivity (Wildman–Crippen MR) is 64.0 cm³/mol. The van der Waals surface area contributed by atoms with E-state index in [2.05, 4.69) is 0 Å². The highest BCUT2D eigenvalue weighted by Crippen LogP contribution is 2.27. The summed E-state index contributed by atoms with van der Waals surface area (Å²) in [5.41, 5.74) is 0. The Morgan fingerprint density at radius 3 is 2.44 bits per heavy atom. The summed E-state index contributed by atoms with van der Waals surface area (Å²) in [6.45, 7) is 0.269. The van der Waals surface area contributed by atoms with Gasteiger partial charge in [-0.3, -0.25) is 9.59 Å². The summed E-state index contributed by atoms with van der Waals surface area (Å²) in [5.74, 6) is -1.22. The van der Waals surface area contributed by atoms with E-state index in [1.54, 1.807) is 0 Å². The van der Waals surface area contributed by atoms with Gasteiger partial charge in [-0.25, -0.2) is 4.79 Å². The molecule has 18 heavy (non-hydrogen) atoms. The molecule has 1 atom stereocenters. The molecule has 1 aliphatic carbocycles. The van der Waals surface area contributed by atoms with Crippen molar-refractivity contribution in [3.8, 4) is 0 Å². The van der Waals surface area contributed by atoms with E-state index in [1.807, 2.05) is 0 Å². The van der Waals surface area contributed by atoms with E-state index < -0.39 is 12.0 Å². The van der Waals surface area contributed by atoms with Gasteiger partial charge in [-0.05, 0) is 12.8 Å². The average Bonchev–Trinajstić information content (AvgIpc) is 2.39. The zero-order chi connectivity index (χ0) is 13.1. The van der Waals surface area contributed by atoms with Crippen LogP contribution in [0.25, 0.3) is 0 Å². The van der Waals surface area contributed by atoms with Crippen molar-refractivity contribution in [3.63, 3.8) is 0 Å². The van der Waals surface area contributed by atoms with E-state index in [0.29, 0.717) is 6.42 Å². The fourth-order valence-corrected chi connectivity index (χ4v) is 2.90. The first-order chi connectivity index (χ1) is 8.59. The molecular formula is C13H19NO4. The largest absolute Gasteiger partial charge is 0.480 e. The van der Waals surface area contributed by atoms with Crippen LogP contribution in [-0.2, 0) is 14.4 Å². The first kappa shape index (κ1) is 13.1. The van der Waals surface area contributed by atoms with Gasteiger partial charge in [0.15, 0.2) is 0 Å². The van der Waals surface area contributed by atoms with Crippen LogP contribution in [0.5, 0.6) is 0 Å². The lowest BCUT2D eigenvalue weighted by Gasteiger charge is -2.35. The number of likely N-dealkylation sites (tertiary alicyclic amines) is 1. The topological polar surface area (TPSA) is 74.7 Å². The predicted octanol–water partition coefficient (Wildman–Crippen LogP) is 1.21. The van der Waals surface area contributed by atoms with Crippen molar-refractivity contribution < 1.29 is 19.5 Å².